The fourth-order valence-electron chi connectivity index (χ4n) is 1.36. The molecule has 1 unspecified atom stereocenters. The molecule has 0 saturated heterocycles. The number of carboxylic acid groups (broad SMARTS) is 1. The Morgan fingerprint density at radius 3 is 2.63 bits per heavy atom. The van der Waals surface area contributed by atoms with Gasteiger partial charge in [-0.05, 0) is 12.1 Å². The number of nitro groups is 1. The first-order valence-corrected chi connectivity index (χ1v) is 5.20. The topological polar surface area (TPSA) is 108 Å². The molecule has 1 N–H and O–H groups in total. The summed E-state index contributed by atoms with van der Waals surface area (Å²) in [4.78, 5) is 21.0. The van der Waals surface area contributed by atoms with Crippen LogP contribution in [0.15, 0.2) is 18.2 Å². The zero-order valence-electron chi connectivity index (χ0n) is 10.4. The number of ether oxygens (including phenoxy) is 3. The smallest absolute Gasteiger partial charge is 0.347 e. The third-order valence-corrected chi connectivity index (χ3v) is 2.22. The molecule has 0 bridgehead atoms. The molecule has 0 aliphatic rings. The van der Waals surface area contributed by atoms with Crippen LogP contribution in [0.3, 0.4) is 0 Å². The van der Waals surface area contributed by atoms with Crippen LogP contribution in [-0.4, -0.2) is 42.9 Å². The van der Waals surface area contributed by atoms with Gasteiger partial charge in [0.1, 0.15) is 5.75 Å². The lowest BCUT2D eigenvalue weighted by Gasteiger charge is -2.14. The molecule has 1 aromatic rings. The molecule has 0 spiro atoms. The van der Waals surface area contributed by atoms with Crippen LogP contribution in [-0.2, 0) is 9.53 Å². The van der Waals surface area contributed by atoms with Crippen molar-refractivity contribution >= 4 is 11.7 Å². The van der Waals surface area contributed by atoms with Crippen LogP contribution in [0.5, 0.6) is 11.5 Å². The van der Waals surface area contributed by atoms with Gasteiger partial charge in [-0.1, -0.05) is 0 Å². The van der Waals surface area contributed by atoms with Crippen molar-refractivity contribution in [2.45, 2.75) is 6.10 Å². The largest absolute Gasteiger partial charge is 0.490 e. The van der Waals surface area contributed by atoms with Gasteiger partial charge in [0.25, 0.3) is 0 Å². The summed E-state index contributed by atoms with van der Waals surface area (Å²) in [7, 11) is 2.63. The molecule has 8 heteroatoms. The molecule has 0 aliphatic heterocycles. The molecule has 0 radical (unpaired) electrons. The summed E-state index contributed by atoms with van der Waals surface area (Å²) in [6, 6.07) is 3.82. The van der Waals surface area contributed by atoms with Gasteiger partial charge < -0.3 is 19.3 Å². The van der Waals surface area contributed by atoms with Gasteiger partial charge in [-0.15, -0.1) is 0 Å². The summed E-state index contributed by atoms with van der Waals surface area (Å²) < 4.78 is 14.6. The number of rotatable bonds is 7. The number of carboxylic acids is 1. The first kappa shape index (κ1) is 14.7. The number of methoxy groups -OCH3 is 2. The van der Waals surface area contributed by atoms with E-state index in [1.807, 2.05) is 0 Å². The van der Waals surface area contributed by atoms with Crippen LogP contribution < -0.4 is 9.47 Å². The second kappa shape index (κ2) is 6.55. The minimum Gasteiger partial charge on any atom is -0.490 e. The van der Waals surface area contributed by atoms with E-state index >= 15 is 0 Å². The number of nitro benzene ring substituents is 1. The van der Waals surface area contributed by atoms with E-state index in [1.165, 1.54) is 26.4 Å². The van der Waals surface area contributed by atoms with Gasteiger partial charge in [0.05, 0.1) is 24.7 Å². The van der Waals surface area contributed by atoms with Crippen molar-refractivity contribution in [1.29, 1.82) is 0 Å². The molecular weight excluding hydrogens is 258 g/mol. The monoisotopic (exact) mass is 271 g/mol. The summed E-state index contributed by atoms with van der Waals surface area (Å²) in [5.41, 5.74) is -0.304. The Hall–Kier alpha value is -2.35. The van der Waals surface area contributed by atoms with E-state index < -0.39 is 17.0 Å². The second-order valence-electron chi connectivity index (χ2n) is 3.49. The Kier molecular flexibility index (Phi) is 5.07. The molecule has 8 nitrogen and oxygen atoms in total. The van der Waals surface area contributed by atoms with Crippen molar-refractivity contribution < 1.29 is 29.0 Å². The maximum atomic E-state index is 10.9. The van der Waals surface area contributed by atoms with E-state index in [2.05, 4.69) is 0 Å². The second-order valence-corrected chi connectivity index (χ2v) is 3.49. The SMILES string of the molecule is COCC(Oc1ccc(OC)c([N+](=O)[O-])c1)C(=O)O. The lowest BCUT2D eigenvalue weighted by molar-refractivity contribution is -0.385. The third-order valence-electron chi connectivity index (χ3n) is 2.22. The standard InChI is InChI=1S/C11H13NO7/c1-17-6-10(11(13)14)19-7-3-4-9(18-2)8(5-7)12(15)16/h3-5,10H,6H2,1-2H3,(H,13,14). The Morgan fingerprint density at radius 2 is 2.16 bits per heavy atom. The number of hydrogen-bond donors (Lipinski definition) is 1. The highest BCUT2D eigenvalue weighted by Gasteiger charge is 2.22. The van der Waals surface area contributed by atoms with Crippen molar-refractivity contribution in [3.05, 3.63) is 28.3 Å². The summed E-state index contributed by atoms with van der Waals surface area (Å²) in [6.07, 6.45) is -1.24. The average Bonchev–Trinajstić information content (AvgIpc) is 2.37. The molecule has 0 aromatic heterocycles. The van der Waals surface area contributed by atoms with Crippen LogP contribution in [0.1, 0.15) is 0 Å². The van der Waals surface area contributed by atoms with Crippen LogP contribution >= 0.6 is 0 Å². The fraction of sp³-hybridized carbons (Fsp3) is 0.364. The van der Waals surface area contributed by atoms with E-state index in [-0.39, 0.29) is 23.8 Å². The van der Waals surface area contributed by atoms with Gasteiger partial charge >= 0.3 is 11.7 Å². The molecular formula is C11H13NO7. The minimum atomic E-state index is -1.24. The molecule has 0 saturated carbocycles. The Morgan fingerprint density at radius 1 is 1.47 bits per heavy atom. The third kappa shape index (κ3) is 3.81. The van der Waals surface area contributed by atoms with Gasteiger partial charge in [-0.25, -0.2) is 4.79 Å². The van der Waals surface area contributed by atoms with Crippen molar-refractivity contribution in [2.75, 3.05) is 20.8 Å². The number of nitrogens with zero attached hydrogens (tertiary/aromatic N) is 1. The number of carbonyl (C=O) groups is 1. The summed E-state index contributed by atoms with van der Waals surface area (Å²) in [5, 5.41) is 19.7. The van der Waals surface area contributed by atoms with E-state index in [9.17, 15) is 14.9 Å². The predicted molar refractivity (Wildman–Crippen MR) is 63.6 cm³/mol. The van der Waals surface area contributed by atoms with Gasteiger partial charge in [0.2, 0.25) is 6.10 Å². The van der Waals surface area contributed by atoms with Crippen molar-refractivity contribution in [2.24, 2.45) is 0 Å². The normalized spacial score (nSPS) is 11.7. The fourth-order valence-corrected chi connectivity index (χ4v) is 1.36. The van der Waals surface area contributed by atoms with Crippen molar-refractivity contribution in [3.63, 3.8) is 0 Å². The maximum Gasteiger partial charge on any atom is 0.347 e. The quantitative estimate of drug-likeness (QED) is 0.583. The van der Waals surface area contributed by atoms with Gasteiger partial charge in [0.15, 0.2) is 5.75 Å². The predicted octanol–water partition coefficient (Wildman–Crippen LogP) is 1.08. The molecule has 104 valence electrons. The minimum absolute atomic E-state index is 0.0527. The molecule has 19 heavy (non-hydrogen) atoms. The van der Waals surface area contributed by atoms with Crippen molar-refractivity contribution in [3.8, 4) is 11.5 Å². The molecule has 1 rings (SSSR count). The zero-order chi connectivity index (χ0) is 14.4. The van der Waals surface area contributed by atoms with E-state index in [0.717, 1.165) is 6.07 Å². The summed E-state index contributed by atoms with van der Waals surface area (Å²) >= 11 is 0. The number of aliphatic carboxylic acids is 1. The van der Waals surface area contributed by atoms with Gasteiger partial charge in [-0.3, -0.25) is 10.1 Å². The highest BCUT2D eigenvalue weighted by molar-refractivity contribution is 5.73. The molecule has 0 aliphatic carbocycles. The van der Waals surface area contributed by atoms with Crippen molar-refractivity contribution in [1.82, 2.24) is 0 Å². The highest BCUT2D eigenvalue weighted by atomic mass is 16.6. The Labute approximate surface area is 108 Å². The summed E-state index contributed by atoms with van der Waals surface area (Å²) in [5.74, 6) is -1.10. The van der Waals surface area contributed by atoms with Crippen LogP contribution in [0.2, 0.25) is 0 Å². The Bertz CT molecular complexity index is 474. The van der Waals surface area contributed by atoms with E-state index in [1.54, 1.807) is 0 Å². The average molecular weight is 271 g/mol. The first-order valence-electron chi connectivity index (χ1n) is 5.20. The van der Waals surface area contributed by atoms with Gasteiger partial charge in [0, 0.05) is 7.11 Å². The molecule has 0 fully saturated rings. The highest BCUT2D eigenvalue weighted by Crippen LogP contribution is 2.31. The van der Waals surface area contributed by atoms with Crippen LogP contribution in [0.4, 0.5) is 5.69 Å². The number of hydrogen-bond acceptors (Lipinski definition) is 6. The molecule has 1 aromatic carbocycles. The molecule has 0 heterocycles. The summed E-state index contributed by atoms with van der Waals surface area (Å²) in [6.45, 7) is -0.171. The Balaban J connectivity index is 2.98. The van der Waals surface area contributed by atoms with Crippen LogP contribution in [0, 0.1) is 10.1 Å². The zero-order valence-corrected chi connectivity index (χ0v) is 10.4. The van der Waals surface area contributed by atoms with Crippen LogP contribution in [0.25, 0.3) is 0 Å². The van der Waals surface area contributed by atoms with E-state index in [4.69, 9.17) is 19.3 Å². The first-order chi connectivity index (χ1) is 8.99. The maximum absolute atomic E-state index is 10.9. The number of benzene rings is 1. The molecule has 1 atom stereocenters. The van der Waals surface area contributed by atoms with E-state index in [0.29, 0.717) is 0 Å². The van der Waals surface area contributed by atoms with Gasteiger partial charge in [-0.2, -0.15) is 0 Å². The molecule has 0 amide bonds. The lowest BCUT2D eigenvalue weighted by atomic mass is 10.2. The lowest BCUT2D eigenvalue weighted by Crippen LogP contribution is -2.31.